The SMILES string of the molecule is CNS(=O)(=O)c1ccccc1N1CCN(C(=O)[C@H]2C[C@@H]2C)CC1. The van der Waals surface area contributed by atoms with Gasteiger partial charge in [-0.1, -0.05) is 19.1 Å². The zero-order chi connectivity index (χ0) is 16.6. The Bertz CT molecular complexity index is 696. The van der Waals surface area contributed by atoms with Crippen LogP contribution in [-0.2, 0) is 14.8 Å². The molecule has 1 aromatic rings. The van der Waals surface area contributed by atoms with Gasteiger partial charge in [-0.15, -0.1) is 0 Å². The number of piperazine rings is 1. The quantitative estimate of drug-likeness (QED) is 0.886. The van der Waals surface area contributed by atoms with Crippen molar-refractivity contribution in [1.82, 2.24) is 9.62 Å². The van der Waals surface area contributed by atoms with Crippen LogP contribution in [0.3, 0.4) is 0 Å². The lowest BCUT2D eigenvalue weighted by atomic mass is 10.2. The average molecular weight is 337 g/mol. The topological polar surface area (TPSA) is 69.7 Å². The Hall–Kier alpha value is -1.60. The van der Waals surface area contributed by atoms with Gasteiger partial charge in [-0.25, -0.2) is 13.1 Å². The summed E-state index contributed by atoms with van der Waals surface area (Å²) in [5.41, 5.74) is 0.703. The first-order valence-electron chi connectivity index (χ1n) is 8.00. The first-order valence-corrected chi connectivity index (χ1v) is 9.48. The molecular formula is C16H23N3O3S. The molecule has 1 aliphatic heterocycles. The third kappa shape index (κ3) is 3.21. The Morgan fingerprint density at radius 2 is 1.78 bits per heavy atom. The summed E-state index contributed by atoms with van der Waals surface area (Å²) < 4.78 is 26.7. The van der Waals surface area contributed by atoms with Crippen molar-refractivity contribution in [2.45, 2.75) is 18.2 Å². The first-order chi connectivity index (χ1) is 10.9. The molecule has 1 N–H and O–H groups in total. The van der Waals surface area contributed by atoms with Gasteiger partial charge in [0.25, 0.3) is 0 Å². The largest absolute Gasteiger partial charge is 0.367 e. The third-order valence-electron chi connectivity index (χ3n) is 4.78. The van der Waals surface area contributed by atoms with E-state index in [9.17, 15) is 13.2 Å². The van der Waals surface area contributed by atoms with Crippen molar-refractivity contribution < 1.29 is 13.2 Å². The van der Waals surface area contributed by atoms with Gasteiger partial charge >= 0.3 is 0 Å². The van der Waals surface area contributed by atoms with Crippen LogP contribution in [0.1, 0.15) is 13.3 Å². The van der Waals surface area contributed by atoms with Crippen molar-refractivity contribution >= 4 is 21.6 Å². The van der Waals surface area contributed by atoms with Crippen LogP contribution in [0.25, 0.3) is 0 Å². The van der Waals surface area contributed by atoms with Gasteiger partial charge in [-0.3, -0.25) is 4.79 Å². The number of hydrogen-bond donors (Lipinski definition) is 1. The maximum atomic E-state index is 12.3. The molecule has 23 heavy (non-hydrogen) atoms. The van der Waals surface area contributed by atoms with Crippen LogP contribution < -0.4 is 9.62 Å². The van der Waals surface area contributed by atoms with Crippen LogP contribution in [0.2, 0.25) is 0 Å². The van der Waals surface area contributed by atoms with Crippen LogP contribution in [0, 0.1) is 11.8 Å². The van der Waals surface area contributed by atoms with Crippen LogP contribution in [0.4, 0.5) is 5.69 Å². The summed E-state index contributed by atoms with van der Waals surface area (Å²) in [6.07, 6.45) is 1.00. The number of nitrogens with zero attached hydrogens (tertiary/aromatic N) is 2. The molecule has 2 atom stereocenters. The maximum absolute atomic E-state index is 12.3. The summed E-state index contributed by atoms with van der Waals surface area (Å²) in [5, 5.41) is 0. The van der Waals surface area contributed by atoms with E-state index in [1.165, 1.54) is 7.05 Å². The molecule has 0 radical (unpaired) electrons. The number of sulfonamides is 1. The van der Waals surface area contributed by atoms with Crippen molar-refractivity contribution in [3.8, 4) is 0 Å². The van der Waals surface area contributed by atoms with Crippen molar-refractivity contribution in [3.63, 3.8) is 0 Å². The molecule has 126 valence electrons. The van der Waals surface area contributed by atoms with Crippen LogP contribution in [0.5, 0.6) is 0 Å². The highest BCUT2D eigenvalue weighted by Gasteiger charge is 2.42. The minimum absolute atomic E-state index is 0.207. The summed E-state index contributed by atoms with van der Waals surface area (Å²) in [4.78, 5) is 16.5. The number of anilines is 1. The predicted molar refractivity (Wildman–Crippen MR) is 88.8 cm³/mol. The number of carbonyl (C=O) groups is 1. The molecule has 1 heterocycles. The molecule has 7 heteroatoms. The molecule has 1 aromatic carbocycles. The smallest absolute Gasteiger partial charge is 0.242 e. The standard InChI is InChI=1S/C16H23N3O3S/c1-12-11-13(12)16(20)19-9-7-18(8-10-19)14-5-3-4-6-15(14)23(21,22)17-2/h3-6,12-13,17H,7-11H2,1-2H3/t12-,13-/m0/s1. The second-order valence-corrected chi connectivity index (χ2v) is 8.16. The van der Waals surface area contributed by atoms with Crippen molar-refractivity contribution in [2.75, 3.05) is 38.1 Å². The summed E-state index contributed by atoms with van der Waals surface area (Å²) in [6, 6.07) is 7.00. The summed E-state index contributed by atoms with van der Waals surface area (Å²) in [6.45, 7) is 4.72. The number of amides is 1. The maximum Gasteiger partial charge on any atom is 0.242 e. The first kappa shape index (κ1) is 16.3. The third-order valence-corrected chi connectivity index (χ3v) is 6.24. The lowest BCUT2D eigenvalue weighted by Gasteiger charge is -2.37. The Morgan fingerprint density at radius 3 is 2.35 bits per heavy atom. The fourth-order valence-electron chi connectivity index (χ4n) is 3.12. The average Bonchev–Trinajstić information content (AvgIpc) is 3.31. The van der Waals surface area contributed by atoms with E-state index in [1.54, 1.807) is 12.1 Å². The summed E-state index contributed by atoms with van der Waals surface area (Å²) in [7, 11) is -2.07. The van der Waals surface area contributed by atoms with E-state index >= 15 is 0 Å². The normalized spacial score (nSPS) is 24.6. The monoisotopic (exact) mass is 337 g/mol. The second kappa shape index (κ2) is 6.13. The van der Waals surface area contributed by atoms with E-state index in [0.717, 1.165) is 6.42 Å². The van der Waals surface area contributed by atoms with Gasteiger partial charge in [0.15, 0.2) is 0 Å². The molecule has 0 bridgehead atoms. The van der Waals surface area contributed by atoms with Gasteiger partial charge in [0.05, 0.1) is 5.69 Å². The number of hydrogen-bond acceptors (Lipinski definition) is 4. The minimum Gasteiger partial charge on any atom is -0.367 e. The van der Waals surface area contributed by atoms with E-state index in [0.29, 0.717) is 37.8 Å². The predicted octanol–water partition coefficient (Wildman–Crippen LogP) is 0.899. The number of para-hydroxylation sites is 1. The highest BCUT2D eigenvalue weighted by molar-refractivity contribution is 7.89. The number of rotatable bonds is 4. The highest BCUT2D eigenvalue weighted by atomic mass is 32.2. The van der Waals surface area contributed by atoms with Gasteiger partial charge in [-0.2, -0.15) is 0 Å². The molecule has 1 saturated heterocycles. The molecule has 1 aliphatic carbocycles. The van der Waals surface area contributed by atoms with Gasteiger partial charge in [0, 0.05) is 32.1 Å². The Kier molecular flexibility index (Phi) is 4.33. The minimum atomic E-state index is -3.49. The number of carbonyl (C=O) groups excluding carboxylic acids is 1. The molecule has 0 spiro atoms. The molecule has 0 aromatic heterocycles. The lowest BCUT2D eigenvalue weighted by molar-refractivity contribution is -0.133. The summed E-state index contributed by atoms with van der Waals surface area (Å²) in [5.74, 6) is 0.980. The Labute approximate surface area is 137 Å². The van der Waals surface area contributed by atoms with Crippen molar-refractivity contribution in [1.29, 1.82) is 0 Å². The number of benzene rings is 1. The Balaban J connectivity index is 1.72. The van der Waals surface area contributed by atoms with Crippen LogP contribution >= 0.6 is 0 Å². The molecular weight excluding hydrogens is 314 g/mol. The molecule has 0 unspecified atom stereocenters. The fraction of sp³-hybridized carbons (Fsp3) is 0.562. The van der Waals surface area contributed by atoms with Crippen LogP contribution in [0.15, 0.2) is 29.2 Å². The van der Waals surface area contributed by atoms with Crippen molar-refractivity contribution in [3.05, 3.63) is 24.3 Å². The van der Waals surface area contributed by atoms with Gasteiger partial charge in [0.2, 0.25) is 15.9 Å². The van der Waals surface area contributed by atoms with E-state index in [-0.39, 0.29) is 16.7 Å². The fourth-order valence-corrected chi connectivity index (χ4v) is 4.07. The molecule has 2 fully saturated rings. The van der Waals surface area contributed by atoms with E-state index < -0.39 is 10.0 Å². The molecule has 2 aliphatic rings. The van der Waals surface area contributed by atoms with Gasteiger partial charge in [-0.05, 0) is 31.5 Å². The highest BCUT2D eigenvalue weighted by Crippen LogP contribution is 2.39. The molecule has 1 saturated carbocycles. The zero-order valence-corrected chi connectivity index (χ0v) is 14.3. The Morgan fingerprint density at radius 1 is 1.17 bits per heavy atom. The van der Waals surface area contributed by atoms with E-state index in [1.807, 2.05) is 21.9 Å². The number of nitrogens with one attached hydrogen (secondary N) is 1. The van der Waals surface area contributed by atoms with E-state index in [2.05, 4.69) is 11.6 Å². The lowest BCUT2D eigenvalue weighted by Crippen LogP contribution is -2.49. The molecule has 1 amide bonds. The van der Waals surface area contributed by atoms with E-state index in [4.69, 9.17) is 0 Å². The van der Waals surface area contributed by atoms with Crippen LogP contribution in [-0.4, -0.2) is 52.5 Å². The van der Waals surface area contributed by atoms with Crippen molar-refractivity contribution in [2.24, 2.45) is 11.8 Å². The summed E-state index contributed by atoms with van der Waals surface area (Å²) >= 11 is 0. The molecule has 3 rings (SSSR count). The second-order valence-electron chi connectivity index (χ2n) is 6.31. The zero-order valence-electron chi connectivity index (χ0n) is 13.5. The molecule has 6 nitrogen and oxygen atoms in total. The van der Waals surface area contributed by atoms with Gasteiger partial charge in [0.1, 0.15) is 4.90 Å². The van der Waals surface area contributed by atoms with Gasteiger partial charge < -0.3 is 9.80 Å².